The van der Waals surface area contributed by atoms with Crippen LogP contribution in [0, 0.1) is 5.82 Å². The van der Waals surface area contributed by atoms with Gasteiger partial charge in [-0.25, -0.2) is 4.39 Å². The fourth-order valence-corrected chi connectivity index (χ4v) is 4.81. The molecule has 170 valence electrons. The molecule has 2 aromatic heterocycles. The molecule has 1 fully saturated rings. The number of phenolic OH excluding ortho intramolecular Hbond substituents is 1. The first-order valence-corrected chi connectivity index (χ1v) is 10.8. The molecule has 8 heteroatoms. The van der Waals surface area contributed by atoms with Gasteiger partial charge in [-0.15, -0.1) is 10.2 Å². The zero-order chi connectivity index (χ0) is 23.3. The highest BCUT2D eigenvalue weighted by molar-refractivity contribution is 5.74. The molecule has 2 N–H and O–H groups in total. The van der Waals surface area contributed by atoms with E-state index in [1.807, 2.05) is 0 Å². The third-order valence-corrected chi connectivity index (χ3v) is 6.69. The van der Waals surface area contributed by atoms with E-state index in [0.717, 1.165) is 18.4 Å². The summed E-state index contributed by atoms with van der Waals surface area (Å²) in [4.78, 5) is 2.42. The van der Waals surface area contributed by atoms with Gasteiger partial charge in [-0.2, -0.15) is 5.10 Å². The SMILES string of the molecule is CN1C(C)(C)CC(Nc2ccc(-c3c(O)cc(-c4cnn(C)c4)cc3F)nn2)CC1(C)C. The number of aromatic nitrogens is 4. The van der Waals surface area contributed by atoms with E-state index in [4.69, 9.17) is 0 Å². The largest absolute Gasteiger partial charge is 0.507 e. The second-order valence-electron chi connectivity index (χ2n) is 9.99. The topological polar surface area (TPSA) is 79.1 Å². The standard InChI is InChI=1S/C24H31FN6O/c1-23(2)11-17(12-24(3,4)31(23)6)27-21-8-7-19(28-29-21)22-18(25)9-15(10-20(22)32)16-13-26-30(5)14-16/h7-10,13-14,17,32H,11-12H2,1-6H3,(H,27,29). The van der Waals surface area contributed by atoms with Gasteiger partial charge in [0.1, 0.15) is 17.4 Å². The van der Waals surface area contributed by atoms with Crippen molar-refractivity contribution >= 4 is 5.82 Å². The lowest BCUT2D eigenvalue weighted by Crippen LogP contribution is -2.61. The minimum absolute atomic E-state index is 0.0400. The van der Waals surface area contributed by atoms with Crippen molar-refractivity contribution in [2.45, 2.75) is 57.7 Å². The molecule has 0 saturated carbocycles. The van der Waals surface area contributed by atoms with Crippen molar-refractivity contribution in [1.82, 2.24) is 24.9 Å². The Bertz CT molecular complexity index is 1080. The first kappa shape index (κ1) is 22.2. The predicted molar refractivity (Wildman–Crippen MR) is 124 cm³/mol. The van der Waals surface area contributed by atoms with Gasteiger partial charge in [0.2, 0.25) is 0 Å². The first-order chi connectivity index (χ1) is 15.0. The van der Waals surface area contributed by atoms with E-state index in [-0.39, 0.29) is 34.1 Å². The number of aryl methyl sites for hydroxylation is 1. The molecule has 0 unspecified atom stereocenters. The summed E-state index contributed by atoms with van der Waals surface area (Å²) in [6.07, 6.45) is 5.34. The maximum atomic E-state index is 14.9. The van der Waals surface area contributed by atoms with Gasteiger partial charge in [0, 0.05) is 35.9 Å². The number of likely N-dealkylation sites (tertiary alicyclic amines) is 1. The fraction of sp³-hybridized carbons (Fsp3) is 0.458. The molecule has 1 saturated heterocycles. The average molecular weight is 439 g/mol. The van der Waals surface area contributed by atoms with E-state index in [9.17, 15) is 9.50 Å². The quantitative estimate of drug-likeness (QED) is 0.627. The Labute approximate surface area is 188 Å². The van der Waals surface area contributed by atoms with Crippen LogP contribution in [0.2, 0.25) is 0 Å². The van der Waals surface area contributed by atoms with Crippen LogP contribution in [-0.4, -0.2) is 54.2 Å². The molecule has 1 aliphatic heterocycles. The Morgan fingerprint density at radius 1 is 1.03 bits per heavy atom. The lowest BCUT2D eigenvalue weighted by Gasteiger charge is -2.53. The number of phenols is 1. The smallest absolute Gasteiger partial charge is 0.148 e. The highest BCUT2D eigenvalue weighted by Gasteiger charge is 2.43. The number of halogens is 1. The molecule has 3 aromatic rings. The van der Waals surface area contributed by atoms with Crippen LogP contribution < -0.4 is 5.32 Å². The molecule has 0 radical (unpaired) electrons. The summed E-state index contributed by atoms with van der Waals surface area (Å²) in [5.41, 5.74) is 1.71. The second kappa shape index (κ2) is 7.85. The summed E-state index contributed by atoms with van der Waals surface area (Å²) in [5.74, 6) is -0.0999. The van der Waals surface area contributed by atoms with E-state index < -0.39 is 5.82 Å². The Balaban J connectivity index is 1.54. The summed E-state index contributed by atoms with van der Waals surface area (Å²) in [5, 5.41) is 26.5. The molecule has 1 aromatic carbocycles. The molecule has 7 nitrogen and oxygen atoms in total. The lowest BCUT2D eigenvalue weighted by molar-refractivity contribution is -0.00773. The summed E-state index contributed by atoms with van der Waals surface area (Å²) in [6, 6.07) is 6.62. The Morgan fingerprint density at radius 3 is 2.25 bits per heavy atom. The van der Waals surface area contributed by atoms with E-state index in [0.29, 0.717) is 11.4 Å². The highest BCUT2D eigenvalue weighted by Crippen LogP contribution is 2.38. The van der Waals surface area contributed by atoms with Crippen LogP contribution >= 0.6 is 0 Å². The average Bonchev–Trinajstić information content (AvgIpc) is 3.13. The van der Waals surface area contributed by atoms with E-state index in [1.165, 1.54) is 12.1 Å². The van der Waals surface area contributed by atoms with Crippen molar-refractivity contribution < 1.29 is 9.50 Å². The van der Waals surface area contributed by atoms with Gasteiger partial charge in [0.05, 0.1) is 17.5 Å². The number of rotatable bonds is 4. The van der Waals surface area contributed by atoms with Crippen molar-refractivity contribution in [2.24, 2.45) is 7.05 Å². The van der Waals surface area contributed by atoms with Crippen molar-refractivity contribution in [1.29, 1.82) is 0 Å². The van der Waals surface area contributed by atoms with E-state index in [1.54, 1.807) is 36.3 Å². The monoisotopic (exact) mass is 438 g/mol. The van der Waals surface area contributed by atoms with Gasteiger partial charge < -0.3 is 10.4 Å². The van der Waals surface area contributed by atoms with Crippen molar-refractivity contribution in [2.75, 3.05) is 12.4 Å². The molecular formula is C24H31FN6O. The first-order valence-electron chi connectivity index (χ1n) is 10.8. The van der Waals surface area contributed by atoms with E-state index >= 15 is 0 Å². The lowest BCUT2D eigenvalue weighted by atomic mass is 9.77. The van der Waals surface area contributed by atoms with Gasteiger partial charge in [-0.05, 0) is 77.4 Å². The number of hydrogen-bond donors (Lipinski definition) is 2. The number of piperidine rings is 1. The Kier molecular flexibility index (Phi) is 5.45. The molecule has 32 heavy (non-hydrogen) atoms. The second-order valence-corrected chi connectivity index (χ2v) is 9.99. The maximum Gasteiger partial charge on any atom is 0.148 e. The number of anilines is 1. The van der Waals surface area contributed by atoms with Crippen LogP contribution in [0.4, 0.5) is 10.2 Å². The van der Waals surface area contributed by atoms with Gasteiger partial charge in [0.25, 0.3) is 0 Å². The summed E-state index contributed by atoms with van der Waals surface area (Å²) >= 11 is 0. The molecule has 0 spiro atoms. The number of nitrogens with one attached hydrogen (secondary N) is 1. The molecular weight excluding hydrogens is 407 g/mol. The van der Waals surface area contributed by atoms with Gasteiger partial charge in [-0.3, -0.25) is 9.58 Å². The number of aromatic hydroxyl groups is 1. The van der Waals surface area contributed by atoms with Gasteiger partial charge >= 0.3 is 0 Å². The third kappa shape index (κ3) is 4.19. The molecule has 3 heterocycles. The maximum absolute atomic E-state index is 14.9. The Morgan fingerprint density at radius 2 is 1.72 bits per heavy atom. The molecule has 4 rings (SSSR count). The predicted octanol–water partition coefficient (Wildman–Crippen LogP) is 4.45. The Hall–Kier alpha value is -3.00. The van der Waals surface area contributed by atoms with Gasteiger partial charge in [0.15, 0.2) is 0 Å². The molecule has 0 aliphatic carbocycles. The third-order valence-electron chi connectivity index (χ3n) is 6.69. The number of hydrogen-bond acceptors (Lipinski definition) is 6. The number of benzene rings is 1. The van der Waals surface area contributed by atoms with Crippen molar-refractivity contribution in [3.05, 3.63) is 42.5 Å². The van der Waals surface area contributed by atoms with Crippen LogP contribution in [-0.2, 0) is 7.05 Å². The van der Waals surface area contributed by atoms with Crippen LogP contribution in [0.5, 0.6) is 5.75 Å². The summed E-state index contributed by atoms with van der Waals surface area (Å²) in [6.45, 7) is 8.99. The highest BCUT2D eigenvalue weighted by atomic mass is 19.1. The van der Waals surface area contributed by atoms with Crippen molar-refractivity contribution in [3.8, 4) is 28.1 Å². The molecule has 0 atom stereocenters. The van der Waals surface area contributed by atoms with Crippen LogP contribution in [0.25, 0.3) is 22.4 Å². The minimum Gasteiger partial charge on any atom is -0.507 e. The zero-order valence-electron chi connectivity index (χ0n) is 19.5. The normalized spacial score (nSPS) is 18.6. The van der Waals surface area contributed by atoms with Crippen LogP contribution in [0.15, 0.2) is 36.7 Å². The van der Waals surface area contributed by atoms with Crippen LogP contribution in [0.1, 0.15) is 40.5 Å². The van der Waals surface area contributed by atoms with Crippen molar-refractivity contribution in [3.63, 3.8) is 0 Å². The van der Waals surface area contributed by atoms with Gasteiger partial charge in [-0.1, -0.05) is 0 Å². The van der Waals surface area contributed by atoms with E-state index in [2.05, 4.69) is 60.3 Å². The van der Waals surface area contributed by atoms with Crippen LogP contribution in [0.3, 0.4) is 0 Å². The summed E-state index contributed by atoms with van der Waals surface area (Å²) < 4.78 is 16.5. The molecule has 0 bridgehead atoms. The summed E-state index contributed by atoms with van der Waals surface area (Å²) in [7, 11) is 3.96. The fourth-order valence-electron chi connectivity index (χ4n) is 4.81. The number of nitrogens with zero attached hydrogens (tertiary/aromatic N) is 5. The zero-order valence-corrected chi connectivity index (χ0v) is 19.5. The molecule has 1 aliphatic rings. The molecule has 0 amide bonds. The minimum atomic E-state index is -0.558.